The minimum Gasteiger partial charge on any atom is -0.330 e. The van der Waals surface area contributed by atoms with Crippen LogP contribution < -0.4 is 11.1 Å². The van der Waals surface area contributed by atoms with Gasteiger partial charge >= 0.3 is 0 Å². The summed E-state index contributed by atoms with van der Waals surface area (Å²) in [5.41, 5.74) is 7.80. The van der Waals surface area contributed by atoms with Gasteiger partial charge in [0.15, 0.2) is 0 Å². The molecule has 0 aliphatic heterocycles. The fraction of sp³-hybridized carbons (Fsp3) is 0.600. The van der Waals surface area contributed by atoms with Crippen molar-refractivity contribution in [2.45, 2.75) is 37.6 Å². The van der Waals surface area contributed by atoms with Crippen LogP contribution in [0.3, 0.4) is 0 Å². The molecule has 2 nitrogen and oxygen atoms in total. The first-order chi connectivity index (χ1) is 8.33. The van der Waals surface area contributed by atoms with Gasteiger partial charge in [0.1, 0.15) is 0 Å². The fourth-order valence-corrected chi connectivity index (χ4v) is 2.97. The van der Waals surface area contributed by atoms with Crippen molar-refractivity contribution >= 4 is 0 Å². The summed E-state index contributed by atoms with van der Waals surface area (Å²) in [5, 5.41) is 3.72. The molecule has 2 aliphatic carbocycles. The number of hydrogen-bond acceptors (Lipinski definition) is 2. The molecule has 1 aromatic carbocycles. The maximum atomic E-state index is 5.88. The Hall–Kier alpha value is -0.860. The third-order valence-corrected chi connectivity index (χ3v) is 4.60. The molecular weight excluding hydrogens is 208 g/mol. The zero-order valence-electron chi connectivity index (χ0n) is 10.4. The van der Waals surface area contributed by atoms with Gasteiger partial charge in [0.05, 0.1) is 0 Å². The summed E-state index contributed by atoms with van der Waals surface area (Å²) in [7, 11) is 0. The molecule has 2 aliphatic rings. The van der Waals surface area contributed by atoms with Crippen molar-refractivity contribution in [1.29, 1.82) is 0 Å². The summed E-state index contributed by atoms with van der Waals surface area (Å²) in [4.78, 5) is 0. The molecule has 2 unspecified atom stereocenters. The first-order valence-corrected chi connectivity index (χ1v) is 6.81. The molecular formula is C15H22N2. The monoisotopic (exact) mass is 230 g/mol. The molecule has 0 bridgehead atoms. The predicted molar refractivity (Wildman–Crippen MR) is 70.9 cm³/mol. The highest BCUT2D eigenvalue weighted by molar-refractivity contribution is 5.27. The maximum Gasteiger partial charge on any atom is 0.0143 e. The van der Waals surface area contributed by atoms with Crippen molar-refractivity contribution in [3.05, 3.63) is 35.9 Å². The highest BCUT2D eigenvalue weighted by atomic mass is 15.0. The molecule has 0 radical (unpaired) electrons. The van der Waals surface area contributed by atoms with Gasteiger partial charge in [0.2, 0.25) is 0 Å². The first-order valence-electron chi connectivity index (χ1n) is 6.81. The fourth-order valence-electron chi connectivity index (χ4n) is 2.97. The standard InChI is InChI=1S/C15H22N2/c16-10-15(7-4-8-15)11-17-14-9-13(14)12-5-2-1-3-6-12/h1-3,5-6,13-14,17H,4,7-11,16H2. The number of hydrogen-bond donors (Lipinski definition) is 2. The summed E-state index contributed by atoms with van der Waals surface area (Å²) in [6, 6.07) is 11.5. The highest BCUT2D eigenvalue weighted by Crippen LogP contribution is 2.43. The Labute approximate surface area is 104 Å². The zero-order chi connectivity index (χ0) is 11.7. The van der Waals surface area contributed by atoms with E-state index in [0.717, 1.165) is 19.0 Å². The molecule has 0 saturated heterocycles. The van der Waals surface area contributed by atoms with E-state index in [0.29, 0.717) is 11.5 Å². The summed E-state index contributed by atoms with van der Waals surface area (Å²) in [5.74, 6) is 0.742. The molecule has 0 heterocycles. The van der Waals surface area contributed by atoms with Gasteiger partial charge < -0.3 is 11.1 Å². The molecule has 0 amide bonds. The molecule has 92 valence electrons. The average Bonchev–Trinajstić information content (AvgIpc) is 3.09. The lowest BCUT2D eigenvalue weighted by Crippen LogP contribution is -2.46. The number of rotatable bonds is 5. The van der Waals surface area contributed by atoms with Gasteiger partial charge in [-0.15, -0.1) is 0 Å². The van der Waals surface area contributed by atoms with Crippen LogP contribution in [0.1, 0.15) is 37.2 Å². The number of nitrogens with one attached hydrogen (secondary N) is 1. The van der Waals surface area contributed by atoms with Gasteiger partial charge in [-0.25, -0.2) is 0 Å². The lowest BCUT2D eigenvalue weighted by molar-refractivity contribution is 0.140. The second kappa shape index (κ2) is 4.43. The Morgan fingerprint density at radius 3 is 2.59 bits per heavy atom. The molecule has 1 aromatic rings. The summed E-state index contributed by atoms with van der Waals surface area (Å²) < 4.78 is 0. The lowest BCUT2D eigenvalue weighted by Gasteiger charge is -2.41. The molecule has 2 heteroatoms. The van der Waals surface area contributed by atoms with E-state index in [1.807, 2.05) is 0 Å². The molecule has 2 atom stereocenters. The van der Waals surface area contributed by atoms with Crippen LogP contribution in [-0.2, 0) is 0 Å². The maximum absolute atomic E-state index is 5.88. The van der Waals surface area contributed by atoms with Crippen molar-refractivity contribution in [3.8, 4) is 0 Å². The molecule has 0 aromatic heterocycles. The Morgan fingerprint density at radius 2 is 2.00 bits per heavy atom. The van der Waals surface area contributed by atoms with Crippen LogP contribution in [0.2, 0.25) is 0 Å². The van der Waals surface area contributed by atoms with E-state index in [2.05, 4.69) is 35.6 Å². The van der Waals surface area contributed by atoms with Crippen molar-refractivity contribution in [2.75, 3.05) is 13.1 Å². The van der Waals surface area contributed by atoms with Gasteiger partial charge in [-0.1, -0.05) is 36.8 Å². The Bertz CT molecular complexity index is 364. The summed E-state index contributed by atoms with van der Waals surface area (Å²) >= 11 is 0. The third kappa shape index (κ3) is 2.24. The largest absolute Gasteiger partial charge is 0.330 e. The lowest BCUT2D eigenvalue weighted by atomic mass is 9.69. The van der Waals surface area contributed by atoms with Gasteiger partial charge in [-0.3, -0.25) is 0 Å². The molecule has 3 rings (SSSR count). The quantitative estimate of drug-likeness (QED) is 0.814. The molecule has 2 saturated carbocycles. The SMILES string of the molecule is NCC1(CNC2CC2c2ccccc2)CCC1. The normalized spacial score (nSPS) is 29.7. The molecule has 2 fully saturated rings. The van der Waals surface area contributed by atoms with Gasteiger partial charge in [-0.05, 0) is 36.8 Å². The van der Waals surface area contributed by atoms with Crippen molar-refractivity contribution in [2.24, 2.45) is 11.1 Å². The second-order valence-electron chi connectivity index (χ2n) is 5.80. The Kier molecular flexibility index (Phi) is 2.93. The van der Waals surface area contributed by atoms with Gasteiger partial charge in [0, 0.05) is 18.5 Å². The van der Waals surface area contributed by atoms with E-state index in [-0.39, 0.29) is 0 Å². The summed E-state index contributed by atoms with van der Waals surface area (Å²) in [6.07, 6.45) is 5.30. The Morgan fingerprint density at radius 1 is 1.24 bits per heavy atom. The number of benzene rings is 1. The topological polar surface area (TPSA) is 38.0 Å². The van der Waals surface area contributed by atoms with Crippen LogP contribution in [0, 0.1) is 5.41 Å². The van der Waals surface area contributed by atoms with Crippen LogP contribution in [-0.4, -0.2) is 19.1 Å². The summed E-state index contributed by atoms with van der Waals surface area (Å²) in [6.45, 7) is 1.97. The van der Waals surface area contributed by atoms with Crippen molar-refractivity contribution in [1.82, 2.24) is 5.32 Å². The Balaban J connectivity index is 1.50. The van der Waals surface area contributed by atoms with E-state index in [4.69, 9.17) is 5.73 Å². The molecule has 3 N–H and O–H groups in total. The predicted octanol–water partition coefficient (Wildman–Crippen LogP) is 2.26. The number of nitrogens with two attached hydrogens (primary N) is 1. The minimum atomic E-state index is 0.434. The first kappa shape index (κ1) is 11.2. The van der Waals surface area contributed by atoms with Crippen molar-refractivity contribution in [3.63, 3.8) is 0 Å². The van der Waals surface area contributed by atoms with E-state index < -0.39 is 0 Å². The molecule has 0 spiro atoms. The van der Waals surface area contributed by atoms with Crippen LogP contribution in [0.15, 0.2) is 30.3 Å². The smallest absolute Gasteiger partial charge is 0.0143 e. The van der Waals surface area contributed by atoms with Crippen molar-refractivity contribution < 1.29 is 0 Å². The average molecular weight is 230 g/mol. The second-order valence-corrected chi connectivity index (χ2v) is 5.80. The van der Waals surface area contributed by atoms with Gasteiger partial charge in [0.25, 0.3) is 0 Å². The van der Waals surface area contributed by atoms with Crippen LogP contribution >= 0.6 is 0 Å². The van der Waals surface area contributed by atoms with Gasteiger partial charge in [-0.2, -0.15) is 0 Å². The minimum absolute atomic E-state index is 0.434. The highest BCUT2D eigenvalue weighted by Gasteiger charge is 2.41. The third-order valence-electron chi connectivity index (χ3n) is 4.60. The van der Waals surface area contributed by atoms with E-state index in [9.17, 15) is 0 Å². The zero-order valence-corrected chi connectivity index (χ0v) is 10.4. The van der Waals surface area contributed by atoms with E-state index >= 15 is 0 Å². The van der Waals surface area contributed by atoms with E-state index in [1.54, 1.807) is 0 Å². The van der Waals surface area contributed by atoms with Crippen LogP contribution in [0.5, 0.6) is 0 Å². The molecule has 17 heavy (non-hydrogen) atoms. The van der Waals surface area contributed by atoms with Crippen LogP contribution in [0.4, 0.5) is 0 Å². The van der Waals surface area contributed by atoms with E-state index in [1.165, 1.54) is 31.2 Å². The van der Waals surface area contributed by atoms with Crippen LogP contribution in [0.25, 0.3) is 0 Å².